The average molecular weight is 165 g/mol. The molecule has 2 heteroatoms. The van der Waals surface area contributed by atoms with Gasteiger partial charge in [0.1, 0.15) is 0 Å². The van der Waals surface area contributed by atoms with E-state index < -0.39 is 0 Å². The van der Waals surface area contributed by atoms with Crippen LogP contribution in [-0.4, -0.2) is 6.04 Å². The van der Waals surface area contributed by atoms with Crippen LogP contribution in [0.15, 0.2) is 23.0 Å². The van der Waals surface area contributed by atoms with Gasteiger partial charge in [-0.05, 0) is 17.9 Å². The van der Waals surface area contributed by atoms with Crippen LogP contribution in [0, 0.1) is 5.41 Å². The molecule has 0 saturated heterocycles. The van der Waals surface area contributed by atoms with Gasteiger partial charge in [-0.25, -0.2) is 0 Å². The molecule has 12 heavy (non-hydrogen) atoms. The lowest BCUT2D eigenvalue weighted by atomic mass is 10.2. The van der Waals surface area contributed by atoms with E-state index in [2.05, 4.69) is 19.2 Å². The minimum absolute atomic E-state index is 0.518. The highest BCUT2D eigenvalue weighted by Crippen LogP contribution is 2.44. The number of hydrogen-bond acceptors (Lipinski definition) is 2. The standard InChI is InChI=1S/C10H15NO/c1-10(2)5-9(10)11-6-8-3-4-12-7-8/h3-4,7,9,11H,5-6H2,1-2H3. The van der Waals surface area contributed by atoms with Crippen molar-refractivity contribution in [1.82, 2.24) is 5.32 Å². The minimum atomic E-state index is 0.518. The highest BCUT2D eigenvalue weighted by Gasteiger charge is 2.44. The first-order valence-corrected chi connectivity index (χ1v) is 4.43. The quantitative estimate of drug-likeness (QED) is 0.742. The smallest absolute Gasteiger partial charge is 0.0947 e. The maximum Gasteiger partial charge on any atom is 0.0947 e. The molecule has 0 bridgehead atoms. The first-order chi connectivity index (χ1) is 5.68. The summed E-state index contributed by atoms with van der Waals surface area (Å²) in [6, 6.07) is 2.70. The third-order valence-electron chi connectivity index (χ3n) is 2.65. The van der Waals surface area contributed by atoms with Crippen LogP contribution >= 0.6 is 0 Å². The predicted molar refractivity (Wildman–Crippen MR) is 47.7 cm³/mol. The molecule has 1 saturated carbocycles. The van der Waals surface area contributed by atoms with Gasteiger partial charge in [0.15, 0.2) is 0 Å². The largest absolute Gasteiger partial charge is 0.472 e. The zero-order valence-corrected chi connectivity index (χ0v) is 7.63. The maximum atomic E-state index is 4.98. The van der Waals surface area contributed by atoms with Gasteiger partial charge in [0.05, 0.1) is 12.5 Å². The second-order valence-corrected chi connectivity index (χ2v) is 4.26. The van der Waals surface area contributed by atoms with Gasteiger partial charge < -0.3 is 9.73 Å². The molecule has 66 valence electrons. The Morgan fingerprint density at radius 2 is 2.42 bits per heavy atom. The summed E-state index contributed by atoms with van der Waals surface area (Å²) in [5.41, 5.74) is 1.75. The fraction of sp³-hybridized carbons (Fsp3) is 0.600. The van der Waals surface area contributed by atoms with E-state index in [1.165, 1.54) is 12.0 Å². The molecule has 1 fully saturated rings. The summed E-state index contributed by atoms with van der Waals surface area (Å²) in [5, 5.41) is 3.49. The van der Waals surface area contributed by atoms with E-state index in [-0.39, 0.29) is 0 Å². The Labute approximate surface area is 73.0 Å². The van der Waals surface area contributed by atoms with Crippen molar-refractivity contribution in [1.29, 1.82) is 0 Å². The van der Waals surface area contributed by atoms with Crippen molar-refractivity contribution in [3.63, 3.8) is 0 Å². The van der Waals surface area contributed by atoms with Gasteiger partial charge in [0, 0.05) is 18.2 Å². The minimum Gasteiger partial charge on any atom is -0.472 e. The van der Waals surface area contributed by atoms with E-state index in [0.717, 1.165) is 6.54 Å². The molecule has 1 heterocycles. The van der Waals surface area contributed by atoms with Crippen molar-refractivity contribution in [3.8, 4) is 0 Å². The fourth-order valence-electron chi connectivity index (χ4n) is 1.45. The molecule has 1 aliphatic carbocycles. The molecule has 1 aromatic rings. The van der Waals surface area contributed by atoms with Crippen LogP contribution in [-0.2, 0) is 6.54 Å². The molecule has 2 rings (SSSR count). The van der Waals surface area contributed by atoms with Crippen molar-refractivity contribution in [2.75, 3.05) is 0 Å². The Hall–Kier alpha value is -0.760. The second kappa shape index (κ2) is 2.63. The molecular formula is C10H15NO. The summed E-state index contributed by atoms with van der Waals surface area (Å²) >= 11 is 0. The number of furan rings is 1. The van der Waals surface area contributed by atoms with Crippen LogP contribution in [0.25, 0.3) is 0 Å². The molecule has 0 spiro atoms. The lowest BCUT2D eigenvalue weighted by Crippen LogP contribution is -2.19. The van der Waals surface area contributed by atoms with E-state index in [9.17, 15) is 0 Å². The molecular weight excluding hydrogens is 150 g/mol. The van der Waals surface area contributed by atoms with Gasteiger partial charge in [-0.3, -0.25) is 0 Å². The predicted octanol–water partition coefficient (Wildman–Crippen LogP) is 2.17. The summed E-state index contributed by atoms with van der Waals surface area (Å²) in [6.45, 7) is 5.52. The average Bonchev–Trinajstić information content (AvgIpc) is 2.54. The van der Waals surface area contributed by atoms with Gasteiger partial charge >= 0.3 is 0 Å². The zero-order valence-electron chi connectivity index (χ0n) is 7.63. The van der Waals surface area contributed by atoms with E-state index in [0.29, 0.717) is 11.5 Å². The summed E-state index contributed by atoms with van der Waals surface area (Å²) in [4.78, 5) is 0. The molecule has 1 atom stereocenters. The monoisotopic (exact) mass is 165 g/mol. The molecule has 0 aliphatic heterocycles. The van der Waals surface area contributed by atoms with Crippen molar-refractivity contribution in [2.45, 2.75) is 32.9 Å². The lowest BCUT2D eigenvalue weighted by Gasteiger charge is -2.03. The Bertz CT molecular complexity index is 251. The van der Waals surface area contributed by atoms with Crippen LogP contribution in [0.2, 0.25) is 0 Å². The Kier molecular flexibility index (Phi) is 1.72. The third kappa shape index (κ3) is 1.53. The van der Waals surface area contributed by atoms with Gasteiger partial charge in [-0.15, -0.1) is 0 Å². The van der Waals surface area contributed by atoms with Crippen LogP contribution in [0.3, 0.4) is 0 Å². The summed E-state index contributed by atoms with van der Waals surface area (Å²) < 4.78 is 4.98. The van der Waals surface area contributed by atoms with Gasteiger partial charge in [-0.1, -0.05) is 13.8 Å². The molecule has 0 amide bonds. The van der Waals surface area contributed by atoms with E-state index in [1.807, 2.05) is 6.07 Å². The zero-order chi connectivity index (χ0) is 8.60. The van der Waals surface area contributed by atoms with Crippen molar-refractivity contribution < 1.29 is 4.42 Å². The lowest BCUT2D eigenvalue weighted by molar-refractivity contribution is 0.533. The molecule has 2 nitrogen and oxygen atoms in total. The molecule has 1 aliphatic rings. The number of rotatable bonds is 3. The second-order valence-electron chi connectivity index (χ2n) is 4.26. The van der Waals surface area contributed by atoms with Crippen LogP contribution in [0.4, 0.5) is 0 Å². The van der Waals surface area contributed by atoms with Crippen LogP contribution in [0.1, 0.15) is 25.8 Å². The first-order valence-electron chi connectivity index (χ1n) is 4.43. The van der Waals surface area contributed by atoms with E-state index in [1.54, 1.807) is 12.5 Å². The molecule has 0 aromatic carbocycles. The van der Waals surface area contributed by atoms with Crippen LogP contribution < -0.4 is 5.32 Å². The summed E-state index contributed by atoms with van der Waals surface area (Å²) in [5.74, 6) is 0. The van der Waals surface area contributed by atoms with Crippen molar-refractivity contribution in [2.24, 2.45) is 5.41 Å². The van der Waals surface area contributed by atoms with Crippen molar-refractivity contribution >= 4 is 0 Å². The summed E-state index contributed by atoms with van der Waals surface area (Å²) in [6.07, 6.45) is 4.81. The van der Waals surface area contributed by atoms with Gasteiger partial charge in [0.25, 0.3) is 0 Å². The topological polar surface area (TPSA) is 25.2 Å². The molecule has 0 radical (unpaired) electrons. The summed E-state index contributed by atoms with van der Waals surface area (Å²) in [7, 11) is 0. The third-order valence-corrected chi connectivity index (χ3v) is 2.65. The normalized spacial score (nSPS) is 25.7. The SMILES string of the molecule is CC1(C)CC1NCc1ccoc1. The first kappa shape index (κ1) is 7.87. The Morgan fingerprint density at radius 1 is 1.67 bits per heavy atom. The van der Waals surface area contributed by atoms with Gasteiger partial charge in [0.2, 0.25) is 0 Å². The van der Waals surface area contributed by atoms with E-state index >= 15 is 0 Å². The molecule has 1 unspecified atom stereocenters. The molecule has 1 aromatic heterocycles. The number of nitrogens with one attached hydrogen (secondary N) is 1. The highest BCUT2D eigenvalue weighted by atomic mass is 16.3. The number of hydrogen-bond donors (Lipinski definition) is 1. The van der Waals surface area contributed by atoms with E-state index in [4.69, 9.17) is 4.42 Å². The molecule has 1 N–H and O–H groups in total. The Balaban J connectivity index is 1.78. The fourth-order valence-corrected chi connectivity index (χ4v) is 1.45. The maximum absolute atomic E-state index is 4.98. The Morgan fingerprint density at radius 3 is 2.92 bits per heavy atom. The highest BCUT2D eigenvalue weighted by molar-refractivity contribution is 5.08. The van der Waals surface area contributed by atoms with Crippen LogP contribution in [0.5, 0.6) is 0 Å². The van der Waals surface area contributed by atoms with Crippen molar-refractivity contribution in [3.05, 3.63) is 24.2 Å². The van der Waals surface area contributed by atoms with Gasteiger partial charge in [-0.2, -0.15) is 0 Å².